The Kier molecular flexibility index (Phi) is 3.60. The fourth-order valence-electron chi connectivity index (χ4n) is 1.70. The van der Waals surface area contributed by atoms with Crippen molar-refractivity contribution < 1.29 is 9.47 Å². The number of benzene rings is 2. The Morgan fingerprint density at radius 1 is 0.750 bits per heavy atom. The number of hydrogen-bond acceptors (Lipinski definition) is 6. The van der Waals surface area contributed by atoms with Crippen molar-refractivity contribution >= 4 is 11.4 Å². The zero-order chi connectivity index (χ0) is 14.5. The summed E-state index contributed by atoms with van der Waals surface area (Å²) in [6.07, 6.45) is 3.15. The van der Waals surface area contributed by atoms with Gasteiger partial charge in [0.2, 0.25) is 0 Å². The molecule has 2 aromatic rings. The molecule has 2 aromatic carbocycles. The van der Waals surface area contributed by atoms with Crippen LogP contribution in [0.5, 0.6) is 11.5 Å². The molecule has 6 heteroatoms. The summed E-state index contributed by atoms with van der Waals surface area (Å²) < 4.78 is 9.55. The lowest BCUT2D eigenvalue weighted by Gasteiger charge is -2.08. The molecule has 0 saturated heterocycles. The van der Waals surface area contributed by atoms with E-state index in [-0.39, 0.29) is 11.5 Å². The lowest BCUT2D eigenvalue weighted by molar-refractivity contribution is 0.509. The second-order valence-electron chi connectivity index (χ2n) is 3.89. The average molecular weight is 266 g/mol. The Balaban J connectivity index is 2.47. The molecule has 6 nitrogen and oxygen atoms in total. The molecule has 0 aliphatic carbocycles. The van der Waals surface area contributed by atoms with E-state index in [1.165, 1.54) is 0 Å². The summed E-state index contributed by atoms with van der Waals surface area (Å²) in [6, 6.07) is 10.0. The number of rotatable bonds is 3. The maximum absolute atomic E-state index is 8.56. The molecule has 0 saturated carbocycles. The molecule has 98 valence electrons. The van der Waals surface area contributed by atoms with Crippen LogP contribution in [0.25, 0.3) is 11.1 Å². The molecule has 0 heterocycles. The standard InChI is InChI=1S/C14H10N4O2/c15-7-19-13-5-9(1-3-11(13)17)10-2-4-12(18)14(6-10)20-8-16/h1-6H,17-18H2. The lowest BCUT2D eigenvalue weighted by Crippen LogP contribution is -1.94. The lowest BCUT2D eigenvalue weighted by atomic mass is 10.0. The van der Waals surface area contributed by atoms with E-state index in [0.29, 0.717) is 11.4 Å². The van der Waals surface area contributed by atoms with E-state index in [4.69, 9.17) is 31.5 Å². The Morgan fingerprint density at radius 2 is 1.15 bits per heavy atom. The van der Waals surface area contributed by atoms with E-state index in [9.17, 15) is 0 Å². The summed E-state index contributed by atoms with van der Waals surface area (Å²) in [6.45, 7) is 0. The molecule has 0 aromatic heterocycles. The summed E-state index contributed by atoms with van der Waals surface area (Å²) in [4.78, 5) is 0. The van der Waals surface area contributed by atoms with Gasteiger partial charge in [-0.15, -0.1) is 10.5 Å². The fourth-order valence-corrected chi connectivity index (χ4v) is 1.70. The smallest absolute Gasteiger partial charge is 0.292 e. The average Bonchev–Trinajstić information content (AvgIpc) is 2.44. The highest BCUT2D eigenvalue weighted by atomic mass is 16.5. The van der Waals surface area contributed by atoms with Crippen LogP contribution in [-0.2, 0) is 0 Å². The van der Waals surface area contributed by atoms with Crippen molar-refractivity contribution in [3.63, 3.8) is 0 Å². The molecule has 0 radical (unpaired) electrons. The number of nitriles is 2. The van der Waals surface area contributed by atoms with Gasteiger partial charge in [0.05, 0.1) is 11.4 Å². The fraction of sp³-hybridized carbons (Fsp3) is 0. The van der Waals surface area contributed by atoms with E-state index in [0.717, 1.165) is 11.1 Å². The molecule has 4 N–H and O–H groups in total. The summed E-state index contributed by atoms with van der Waals surface area (Å²) in [5.41, 5.74) is 13.6. The molecule has 20 heavy (non-hydrogen) atoms. The third-order valence-corrected chi connectivity index (χ3v) is 2.67. The second kappa shape index (κ2) is 5.51. The number of nitrogens with zero attached hydrogens (tertiary/aromatic N) is 2. The molecule has 0 atom stereocenters. The van der Waals surface area contributed by atoms with Crippen LogP contribution in [0.3, 0.4) is 0 Å². The van der Waals surface area contributed by atoms with E-state index in [1.54, 1.807) is 48.9 Å². The van der Waals surface area contributed by atoms with E-state index in [1.807, 2.05) is 0 Å². The van der Waals surface area contributed by atoms with Crippen molar-refractivity contribution in [2.24, 2.45) is 0 Å². The summed E-state index contributed by atoms with van der Waals surface area (Å²) >= 11 is 0. The molecule has 0 spiro atoms. The van der Waals surface area contributed by atoms with Gasteiger partial charge in [0.1, 0.15) is 0 Å². The van der Waals surface area contributed by atoms with Crippen molar-refractivity contribution in [3.8, 4) is 35.1 Å². The topological polar surface area (TPSA) is 118 Å². The van der Waals surface area contributed by atoms with Gasteiger partial charge in [0.15, 0.2) is 11.5 Å². The first-order valence-electron chi connectivity index (χ1n) is 5.57. The van der Waals surface area contributed by atoms with Crippen LogP contribution in [0.15, 0.2) is 36.4 Å². The molecular formula is C14H10N4O2. The SMILES string of the molecule is N#COc1cc(-c2ccc(N)c(OC#N)c2)ccc1N. The van der Waals surface area contributed by atoms with Gasteiger partial charge < -0.3 is 20.9 Å². The van der Waals surface area contributed by atoms with Gasteiger partial charge in [-0.1, -0.05) is 12.1 Å². The summed E-state index contributed by atoms with van der Waals surface area (Å²) in [5.74, 6) is 0.536. The van der Waals surface area contributed by atoms with Gasteiger partial charge in [-0.05, 0) is 35.4 Å². The summed E-state index contributed by atoms with van der Waals surface area (Å²) in [7, 11) is 0. The highest BCUT2D eigenvalue weighted by Gasteiger charge is 2.08. The third-order valence-electron chi connectivity index (χ3n) is 2.67. The molecular weight excluding hydrogens is 256 g/mol. The van der Waals surface area contributed by atoms with Gasteiger partial charge in [-0.25, -0.2) is 0 Å². The highest BCUT2D eigenvalue weighted by Crippen LogP contribution is 2.32. The zero-order valence-electron chi connectivity index (χ0n) is 10.3. The van der Waals surface area contributed by atoms with Gasteiger partial charge >= 0.3 is 0 Å². The van der Waals surface area contributed by atoms with Crippen molar-refractivity contribution in [3.05, 3.63) is 36.4 Å². The highest BCUT2D eigenvalue weighted by molar-refractivity contribution is 5.73. The third kappa shape index (κ3) is 2.55. The van der Waals surface area contributed by atoms with Gasteiger partial charge in [-0.2, -0.15) is 0 Å². The van der Waals surface area contributed by atoms with Crippen molar-refractivity contribution in [1.82, 2.24) is 0 Å². The number of anilines is 2. The minimum Gasteiger partial charge on any atom is -0.396 e. The van der Waals surface area contributed by atoms with E-state index < -0.39 is 0 Å². The molecule has 0 aliphatic heterocycles. The molecule has 0 fully saturated rings. The first kappa shape index (κ1) is 13.1. The number of ether oxygens (including phenoxy) is 2. The molecule has 0 amide bonds. The van der Waals surface area contributed by atoms with Crippen LogP contribution in [0, 0.1) is 23.0 Å². The Morgan fingerprint density at radius 3 is 1.50 bits per heavy atom. The van der Waals surface area contributed by atoms with Crippen LogP contribution in [0.4, 0.5) is 11.4 Å². The predicted octanol–water partition coefficient (Wildman–Crippen LogP) is 2.24. The van der Waals surface area contributed by atoms with E-state index in [2.05, 4.69) is 0 Å². The quantitative estimate of drug-likeness (QED) is 0.649. The maximum Gasteiger partial charge on any atom is 0.292 e. The first-order valence-corrected chi connectivity index (χ1v) is 5.57. The van der Waals surface area contributed by atoms with E-state index >= 15 is 0 Å². The van der Waals surface area contributed by atoms with Crippen LogP contribution in [-0.4, -0.2) is 0 Å². The van der Waals surface area contributed by atoms with Crippen LogP contribution >= 0.6 is 0 Å². The van der Waals surface area contributed by atoms with Crippen LogP contribution in [0.1, 0.15) is 0 Å². The van der Waals surface area contributed by atoms with Gasteiger partial charge in [-0.3, -0.25) is 0 Å². The Labute approximate surface area is 115 Å². The largest absolute Gasteiger partial charge is 0.396 e. The Hall–Kier alpha value is -3.38. The maximum atomic E-state index is 8.56. The Bertz CT molecular complexity index is 665. The van der Waals surface area contributed by atoms with Crippen molar-refractivity contribution in [2.75, 3.05) is 11.5 Å². The number of hydrogen-bond donors (Lipinski definition) is 2. The number of nitrogen functional groups attached to an aromatic ring is 2. The van der Waals surface area contributed by atoms with Crippen LogP contribution in [0.2, 0.25) is 0 Å². The number of nitrogens with two attached hydrogens (primary N) is 2. The molecule has 0 unspecified atom stereocenters. The molecule has 2 rings (SSSR count). The van der Waals surface area contributed by atoms with Crippen LogP contribution < -0.4 is 20.9 Å². The summed E-state index contributed by atoms with van der Waals surface area (Å²) in [5, 5.41) is 17.1. The van der Waals surface area contributed by atoms with Gasteiger partial charge in [0, 0.05) is 0 Å². The monoisotopic (exact) mass is 266 g/mol. The van der Waals surface area contributed by atoms with Crippen molar-refractivity contribution in [1.29, 1.82) is 10.5 Å². The first-order chi connectivity index (χ1) is 9.65. The zero-order valence-corrected chi connectivity index (χ0v) is 10.3. The normalized spacial score (nSPS) is 9.30. The minimum atomic E-state index is 0.268. The van der Waals surface area contributed by atoms with Gasteiger partial charge in [0.25, 0.3) is 12.5 Å². The molecule has 0 aliphatic rings. The predicted molar refractivity (Wildman–Crippen MR) is 73.2 cm³/mol. The van der Waals surface area contributed by atoms with Crippen molar-refractivity contribution in [2.45, 2.75) is 0 Å². The minimum absolute atomic E-state index is 0.268. The second-order valence-corrected chi connectivity index (χ2v) is 3.89. The molecule has 0 bridgehead atoms.